The Bertz CT molecular complexity index is 2060. The Morgan fingerprint density at radius 3 is 2.08 bits per heavy atom. The number of nitrogens with one attached hydrogen (secondary N) is 2. The van der Waals surface area contributed by atoms with Gasteiger partial charge in [-0.3, -0.25) is 0 Å². The van der Waals surface area contributed by atoms with Gasteiger partial charge in [-0.15, -0.1) is 11.8 Å². The Morgan fingerprint density at radius 2 is 1.36 bits per heavy atom. The fourth-order valence-electron chi connectivity index (χ4n) is 6.36. The van der Waals surface area contributed by atoms with Crippen LogP contribution in [0.2, 0.25) is 0 Å². The van der Waals surface area contributed by atoms with E-state index in [0.29, 0.717) is 18.0 Å². The molecule has 0 bridgehead atoms. The van der Waals surface area contributed by atoms with Crippen molar-refractivity contribution in [2.24, 2.45) is 5.92 Å². The lowest BCUT2D eigenvalue weighted by atomic mass is 9.91. The van der Waals surface area contributed by atoms with Crippen molar-refractivity contribution in [3.63, 3.8) is 0 Å². The van der Waals surface area contributed by atoms with Gasteiger partial charge >= 0.3 is 6.03 Å². The normalized spacial score (nSPS) is 18.2. The lowest BCUT2D eigenvalue weighted by Gasteiger charge is -2.41. The SMILES string of the molecule is C[C@@H]1[C@H](CSc2ccccc2)O[C@H](c2ccc(-c3ccccc3CNC(=O)Nc3ccc(Oc4ccccc4)cc3)cc2)O[C@@H]1c1ccc(CO)cc1. The second-order valence-electron chi connectivity index (χ2n) is 13.0. The number of para-hydroxylation sites is 1. The minimum absolute atomic E-state index is 0.00263. The van der Waals surface area contributed by atoms with Crippen LogP contribution < -0.4 is 15.4 Å². The van der Waals surface area contributed by atoms with E-state index in [2.05, 4.69) is 72.2 Å². The maximum absolute atomic E-state index is 12.9. The Hall–Kier alpha value is -5.38. The van der Waals surface area contributed by atoms with Gasteiger partial charge in [0.2, 0.25) is 0 Å². The van der Waals surface area contributed by atoms with Gasteiger partial charge in [-0.05, 0) is 76.3 Å². The van der Waals surface area contributed by atoms with Crippen LogP contribution in [-0.4, -0.2) is 23.0 Å². The number of hydrogen-bond donors (Lipinski definition) is 3. The fourth-order valence-corrected chi connectivity index (χ4v) is 7.45. The van der Waals surface area contributed by atoms with Gasteiger partial charge in [-0.1, -0.05) is 116 Å². The predicted molar refractivity (Wildman–Crippen MR) is 211 cm³/mol. The molecular weight excluding hydrogens is 681 g/mol. The smallest absolute Gasteiger partial charge is 0.319 e. The molecule has 7 nitrogen and oxygen atoms in total. The second kappa shape index (κ2) is 17.4. The number of anilines is 1. The van der Waals surface area contributed by atoms with E-state index in [1.54, 1.807) is 11.8 Å². The van der Waals surface area contributed by atoms with Crippen molar-refractivity contribution in [1.82, 2.24) is 5.32 Å². The van der Waals surface area contributed by atoms with Gasteiger partial charge in [0.15, 0.2) is 6.29 Å². The van der Waals surface area contributed by atoms with Gasteiger partial charge in [0, 0.05) is 34.4 Å². The van der Waals surface area contributed by atoms with Gasteiger partial charge in [0.25, 0.3) is 0 Å². The molecule has 0 spiro atoms. The number of carbonyl (C=O) groups is 1. The summed E-state index contributed by atoms with van der Waals surface area (Å²) < 4.78 is 19.2. The van der Waals surface area contributed by atoms with Crippen LogP contribution in [0.4, 0.5) is 10.5 Å². The maximum atomic E-state index is 12.9. The monoisotopic (exact) mass is 722 g/mol. The van der Waals surface area contributed by atoms with Crippen molar-refractivity contribution in [2.45, 2.75) is 43.5 Å². The number of hydrogen-bond acceptors (Lipinski definition) is 6. The average molecular weight is 723 g/mol. The van der Waals surface area contributed by atoms with E-state index in [0.717, 1.165) is 44.9 Å². The number of aliphatic hydroxyl groups excluding tert-OH is 1. The molecule has 53 heavy (non-hydrogen) atoms. The third-order valence-electron chi connectivity index (χ3n) is 9.32. The molecule has 2 amide bonds. The Kier molecular flexibility index (Phi) is 11.8. The molecule has 1 fully saturated rings. The van der Waals surface area contributed by atoms with Crippen molar-refractivity contribution in [3.8, 4) is 22.6 Å². The van der Waals surface area contributed by atoms with E-state index in [1.165, 1.54) is 4.90 Å². The van der Waals surface area contributed by atoms with E-state index >= 15 is 0 Å². The molecule has 1 heterocycles. The molecule has 3 N–H and O–H groups in total. The van der Waals surface area contributed by atoms with E-state index in [-0.39, 0.29) is 30.8 Å². The lowest BCUT2D eigenvalue weighted by molar-refractivity contribution is -0.268. The number of ether oxygens (including phenoxy) is 3. The molecule has 6 aromatic carbocycles. The van der Waals surface area contributed by atoms with Gasteiger partial charge in [-0.25, -0.2) is 4.79 Å². The third-order valence-corrected chi connectivity index (χ3v) is 10.4. The summed E-state index contributed by atoms with van der Waals surface area (Å²) in [6.07, 6.45) is -0.788. The molecule has 0 aliphatic carbocycles. The van der Waals surface area contributed by atoms with E-state index < -0.39 is 6.29 Å². The van der Waals surface area contributed by atoms with Crippen molar-refractivity contribution in [2.75, 3.05) is 11.1 Å². The van der Waals surface area contributed by atoms with Crippen LogP contribution in [0.1, 0.15) is 41.6 Å². The van der Waals surface area contributed by atoms with Crippen molar-refractivity contribution in [1.29, 1.82) is 0 Å². The molecule has 1 aliphatic rings. The van der Waals surface area contributed by atoms with Crippen LogP contribution in [0.5, 0.6) is 11.5 Å². The summed E-state index contributed by atoms with van der Waals surface area (Å²) in [6.45, 7) is 2.54. The first-order valence-corrected chi connectivity index (χ1v) is 18.8. The number of benzene rings is 6. The molecule has 0 aromatic heterocycles. The van der Waals surface area contributed by atoms with E-state index in [4.69, 9.17) is 14.2 Å². The molecule has 8 heteroatoms. The summed E-state index contributed by atoms with van der Waals surface area (Å²) in [4.78, 5) is 14.1. The highest BCUT2D eigenvalue weighted by Crippen LogP contribution is 2.43. The first kappa shape index (κ1) is 36.0. The molecule has 1 saturated heterocycles. The van der Waals surface area contributed by atoms with Crippen molar-refractivity contribution >= 4 is 23.5 Å². The zero-order valence-corrected chi connectivity index (χ0v) is 30.2. The molecule has 0 radical (unpaired) electrons. The molecule has 6 aromatic rings. The van der Waals surface area contributed by atoms with Crippen molar-refractivity contribution < 1.29 is 24.1 Å². The van der Waals surface area contributed by atoms with E-state index in [9.17, 15) is 9.90 Å². The quantitative estimate of drug-likeness (QED) is 0.109. The van der Waals surface area contributed by atoms with Gasteiger partial charge in [0.05, 0.1) is 18.8 Å². The molecular formula is C45H42N2O5S. The van der Waals surface area contributed by atoms with Crippen LogP contribution in [-0.2, 0) is 22.6 Å². The zero-order chi connectivity index (χ0) is 36.4. The summed E-state index contributed by atoms with van der Waals surface area (Å²) in [7, 11) is 0. The fraction of sp³-hybridized carbons (Fsp3) is 0.178. The molecule has 1 aliphatic heterocycles. The van der Waals surface area contributed by atoms with Crippen LogP contribution in [0.15, 0.2) is 163 Å². The van der Waals surface area contributed by atoms with Crippen LogP contribution in [0.25, 0.3) is 11.1 Å². The standard InChI is InChI=1S/C45H42N2O5S/c1-31-42(30-53-40-13-6-3-7-14-40)51-44(52-43(31)34-18-16-32(29-48)17-19-34)35-22-20-33(21-23-35)41-15-9-8-10-36(41)28-46-45(49)47-37-24-26-39(27-25-37)50-38-11-4-2-5-12-38/h2-27,31,42-44,48H,28-30H2,1H3,(H2,46,47,49)/t31-,42+,43+,44+/m1/s1. The van der Waals surface area contributed by atoms with Crippen LogP contribution >= 0.6 is 11.8 Å². The highest BCUT2D eigenvalue weighted by molar-refractivity contribution is 7.99. The molecule has 7 rings (SSSR count). The number of rotatable bonds is 12. The Balaban J connectivity index is 1.01. The third kappa shape index (κ3) is 9.35. The number of carbonyl (C=O) groups excluding carboxylic acids is 1. The number of aliphatic hydroxyl groups is 1. The number of thioether (sulfide) groups is 1. The Labute approximate surface area is 315 Å². The van der Waals surface area contributed by atoms with Crippen LogP contribution in [0, 0.1) is 5.92 Å². The summed E-state index contributed by atoms with van der Waals surface area (Å²) >= 11 is 1.79. The summed E-state index contributed by atoms with van der Waals surface area (Å²) in [5.41, 5.74) is 6.57. The lowest BCUT2D eigenvalue weighted by Crippen LogP contribution is -2.38. The maximum Gasteiger partial charge on any atom is 0.319 e. The minimum atomic E-state index is -0.552. The van der Waals surface area contributed by atoms with Gasteiger partial charge < -0.3 is 30.0 Å². The summed E-state index contributed by atoms with van der Waals surface area (Å²) in [5, 5.41) is 15.5. The number of urea groups is 1. The second-order valence-corrected chi connectivity index (χ2v) is 14.1. The minimum Gasteiger partial charge on any atom is -0.457 e. The summed E-state index contributed by atoms with van der Waals surface area (Å²) in [5.74, 6) is 2.33. The topological polar surface area (TPSA) is 89.1 Å². The van der Waals surface area contributed by atoms with Crippen molar-refractivity contribution in [3.05, 3.63) is 180 Å². The average Bonchev–Trinajstić information content (AvgIpc) is 3.21. The van der Waals surface area contributed by atoms with Gasteiger partial charge in [-0.2, -0.15) is 0 Å². The highest BCUT2D eigenvalue weighted by atomic mass is 32.2. The Morgan fingerprint density at radius 1 is 0.717 bits per heavy atom. The first-order chi connectivity index (χ1) is 26.0. The molecule has 4 atom stereocenters. The predicted octanol–water partition coefficient (Wildman–Crippen LogP) is 10.5. The molecule has 268 valence electrons. The molecule has 0 saturated carbocycles. The zero-order valence-electron chi connectivity index (χ0n) is 29.4. The largest absolute Gasteiger partial charge is 0.457 e. The highest BCUT2D eigenvalue weighted by Gasteiger charge is 2.38. The van der Waals surface area contributed by atoms with Crippen LogP contribution in [0.3, 0.4) is 0 Å². The number of amides is 2. The summed E-state index contributed by atoms with van der Waals surface area (Å²) in [6, 6.07) is 51.3. The van der Waals surface area contributed by atoms with E-state index in [1.807, 2.05) is 103 Å². The molecule has 0 unspecified atom stereocenters. The van der Waals surface area contributed by atoms with Gasteiger partial charge in [0.1, 0.15) is 11.5 Å². The first-order valence-electron chi connectivity index (χ1n) is 17.8.